The number of ether oxygens (including phenoxy) is 1. The van der Waals surface area contributed by atoms with Gasteiger partial charge in [-0.15, -0.1) is 0 Å². The van der Waals surface area contributed by atoms with Crippen LogP contribution in [0, 0.1) is 5.41 Å². The molecule has 1 saturated carbocycles. The normalized spacial score (nSPS) is 36.1. The third kappa shape index (κ3) is 1.78. The van der Waals surface area contributed by atoms with Crippen molar-refractivity contribution >= 4 is 5.97 Å². The van der Waals surface area contributed by atoms with Gasteiger partial charge in [-0.1, -0.05) is 6.42 Å². The van der Waals surface area contributed by atoms with Crippen LogP contribution in [-0.2, 0) is 9.53 Å². The molecule has 0 spiro atoms. The first-order valence-corrected chi connectivity index (χ1v) is 4.42. The SMILES string of the molecule is COC(=O)[C@@]1(C)CCC[C@H](N)C1. The lowest BCUT2D eigenvalue weighted by Gasteiger charge is -2.33. The van der Waals surface area contributed by atoms with Crippen LogP contribution in [0.2, 0.25) is 0 Å². The maximum absolute atomic E-state index is 11.4. The van der Waals surface area contributed by atoms with Crippen LogP contribution in [0.15, 0.2) is 0 Å². The zero-order valence-corrected chi connectivity index (χ0v) is 7.80. The summed E-state index contributed by atoms with van der Waals surface area (Å²) in [6.45, 7) is 1.94. The van der Waals surface area contributed by atoms with Crippen LogP contribution in [0.1, 0.15) is 32.6 Å². The van der Waals surface area contributed by atoms with E-state index in [2.05, 4.69) is 0 Å². The predicted octanol–water partition coefficient (Wildman–Crippen LogP) is 1.07. The highest BCUT2D eigenvalue weighted by molar-refractivity contribution is 5.76. The lowest BCUT2D eigenvalue weighted by molar-refractivity contribution is -0.153. The first-order valence-electron chi connectivity index (χ1n) is 4.42. The molecular formula is C9H17NO2. The Kier molecular flexibility index (Phi) is 2.73. The molecule has 0 amide bonds. The summed E-state index contributed by atoms with van der Waals surface area (Å²) in [5.74, 6) is -0.113. The van der Waals surface area contributed by atoms with Crippen LogP contribution in [0.3, 0.4) is 0 Å². The zero-order valence-electron chi connectivity index (χ0n) is 7.80. The van der Waals surface area contributed by atoms with Crippen molar-refractivity contribution in [1.82, 2.24) is 0 Å². The third-order valence-corrected chi connectivity index (χ3v) is 2.69. The van der Waals surface area contributed by atoms with Crippen LogP contribution < -0.4 is 5.73 Å². The van der Waals surface area contributed by atoms with Gasteiger partial charge in [0.05, 0.1) is 12.5 Å². The molecule has 1 rings (SSSR count). The molecule has 0 aromatic heterocycles. The molecule has 0 heterocycles. The van der Waals surface area contributed by atoms with E-state index in [1.165, 1.54) is 7.11 Å². The average Bonchev–Trinajstić information content (AvgIpc) is 2.02. The van der Waals surface area contributed by atoms with Crippen molar-refractivity contribution in [3.05, 3.63) is 0 Å². The van der Waals surface area contributed by atoms with Gasteiger partial charge in [0.1, 0.15) is 0 Å². The Morgan fingerprint density at radius 2 is 2.33 bits per heavy atom. The molecule has 0 radical (unpaired) electrons. The maximum Gasteiger partial charge on any atom is 0.311 e. The van der Waals surface area contributed by atoms with E-state index in [1.807, 2.05) is 6.92 Å². The minimum absolute atomic E-state index is 0.113. The van der Waals surface area contributed by atoms with Gasteiger partial charge in [-0.25, -0.2) is 0 Å². The van der Waals surface area contributed by atoms with Gasteiger partial charge < -0.3 is 10.5 Å². The van der Waals surface area contributed by atoms with Gasteiger partial charge >= 0.3 is 5.97 Å². The summed E-state index contributed by atoms with van der Waals surface area (Å²) in [5.41, 5.74) is 5.47. The molecule has 0 bridgehead atoms. The van der Waals surface area contributed by atoms with Crippen molar-refractivity contribution in [2.45, 2.75) is 38.6 Å². The van der Waals surface area contributed by atoms with Gasteiger partial charge in [-0.05, 0) is 26.2 Å². The fourth-order valence-electron chi connectivity index (χ4n) is 1.97. The number of nitrogens with two attached hydrogens (primary N) is 1. The Morgan fingerprint density at radius 3 is 2.83 bits per heavy atom. The quantitative estimate of drug-likeness (QED) is 0.600. The van der Waals surface area contributed by atoms with E-state index in [0.717, 1.165) is 25.7 Å². The van der Waals surface area contributed by atoms with Crippen molar-refractivity contribution < 1.29 is 9.53 Å². The Bertz CT molecular complexity index is 181. The summed E-state index contributed by atoms with van der Waals surface area (Å²) >= 11 is 0. The van der Waals surface area contributed by atoms with Gasteiger partial charge in [0.25, 0.3) is 0 Å². The number of carbonyl (C=O) groups excluding carboxylic acids is 1. The van der Waals surface area contributed by atoms with Crippen LogP contribution in [0.4, 0.5) is 0 Å². The van der Waals surface area contributed by atoms with E-state index < -0.39 is 0 Å². The summed E-state index contributed by atoms with van der Waals surface area (Å²) in [6, 6.07) is 0.169. The van der Waals surface area contributed by atoms with Crippen LogP contribution in [0.5, 0.6) is 0 Å². The second-order valence-corrected chi connectivity index (χ2v) is 3.91. The molecule has 70 valence electrons. The summed E-state index contributed by atoms with van der Waals surface area (Å²) < 4.78 is 4.75. The van der Waals surface area contributed by atoms with Crippen molar-refractivity contribution in [2.75, 3.05) is 7.11 Å². The van der Waals surface area contributed by atoms with E-state index in [9.17, 15) is 4.79 Å². The van der Waals surface area contributed by atoms with Crippen molar-refractivity contribution in [2.24, 2.45) is 11.1 Å². The Hall–Kier alpha value is -0.570. The fraction of sp³-hybridized carbons (Fsp3) is 0.889. The second-order valence-electron chi connectivity index (χ2n) is 3.91. The summed E-state index contributed by atoms with van der Waals surface area (Å²) in [4.78, 5) is 11.4. The maximum atomic E-state index is 11.4. The van der Waals surface area contributed by atoms with Gasteiger partial charge in [0, 0.05) is 6.04 Å². The molecule has 2 atom stereocenters. The Balaban J connectivity index is 2.63. The molecule has 3 heteroatoms. The van der Waals surface area contributed by atoms with Gasteiger partial charge in [0.15, 0.2) is 0 Å². The van der Waals surface area contributed by atoms with Gasteiger partial charge in [-0.2, -0.15) is 0 Å². The molecule has 1 fully saturated rings. The Labute approximate surface area is 73.3 Å². The minimum Gasteiger partial charge on any atom is -0.469 e. The van der Waals surface area contributed by atoms with Crippen molar-refractivity contribution in [3.8, 4) is 0 Å². The lowest BCUT2D eigenvalue weighted by atomic mass is 9.74. The predicted molar refractivity (Wildman–Crippen MR) is 46.6 cm³/mol. The molecule has 0 aromatic rings. The highest BCUT2D eigenvalue weighted by Crippen LogP contribution is 2.36. The summed E-state index contributed by atoms with van der Waals surface area (Å²) in [7, 11) is 1.44. The highest BCUT2D eigenvalue weighted by Gasteiger charge is 2.38. The van der Waals surface area contributed by atoms with Crippen molar-refractivity contribution in [3.63, 3.8) is 0 Å². The highest BCUT2D eigenvalue weighted by atomic mass is 16.5. The number of esters is 1. The Morgan fingerprint density at radius 1 is 1.67 bits per heavy atom. The molecule has 0 saturated heterocycles. The minimum atomic E-state index is -0.327. The van der Waals surface area contributed by atoms with Crippen LogP contribution in [-0.4, -0.2) is 19.1 Å². The van der Waals surface area contributed by atoms with Crippen LogP contribution in [0.25, 0.3) is 0 Å². The molecule has 2 N–H and O–H groups in total. The number of hydrogen-bond donors (Lipinski definition) is 1. The monoisotopic (exact) mass is 171 g/mol. The van der Waals surface area contributed by atoms with Gasteiger partial charge in [-0.3, -0.25) is 4.79 Å². The lowest BCUT2D eigenvalue weighted by Crippen LogP contribution is -2.40. The van der Waals surface area contributed by atoms with E-state index in [4.69, 9.17) is 10.5 Å². The smallest absolute Gasteiger partial charge is 0.311 e. The average molecular weight is 171 g/mol. The van der Waals surface area contributed by atoms with E-state index in [1.54, 1.807) is 0 Å². The third-order valence-electron chi connectivity index (χ3n) is 2.69. The summed E-state index contributed by atoms with van der Waals surface area (Å²) in [5, 5.41) is 0. The molecular weight excluding hydrogens is 154 g/mol. The van der Waals surface area contributed by atoms with Crippen molar-refractivity contribution in [1.29, 1.82) is 0 Å². The number of carbonyl (C=O) groups is 1. The number of methoxy groups -OCH3 is 1. The largest absolute Gasteiger partial charge is 0.469 e. The molecule has 1 aliphatic rings. The standard InChI is InChI=1S/C9H17NO2/c1-9(8(11)12-2)5-3-4-7(10)6-9/h7H,3-6,10H2,1-2H3/t7-,9-/m0/s1. The van der Waals surface area contributed by atoms with Gasteiger partial charge in [0.2, 0.25) is 0 Å². The number of rotatable bonds is 1. The summed E-state index contributed by atoms with van der Waals surface area (Å²) in [6.07, 6.45) is 3.74. The van der Waals surface area contributed by atoms with E-state index >= 15 is 0 Å². The molecule has 12 heavy (non-hydrogen) atoms. The zero-order chi connectivity index (χ0) is 9.19. The molecule has 0 aromatic carbocycles. The second kappa shape index (κ2) is 3.44. The molecule has 0 unspecified atom stereocenters. The van der Waals surface area contributed by atoms with E-state index in [0.29, 0.717) is 0 Å². The number of hydrogen-bond acceptors (Lipinski definition) is 3. The fourth-order valence-corrected chi connectivity index (χ4v) is 1.97. The topological polar surface area (TPSA) is 52.3 Å². The first kappa shape index (κ1) is 9.52. The van der Waals surface area contributed by atoms with Crippen LogP contribution >= 0.6 is 0 Å². The first-order chi connectivity index (χ1) is 5.58. The van der Waals surface area contributed by atoms with E-state index in [-0.39, 0.29) is 17.4 Å². The molecule has 3 nitrogen and oxygen atoms in total. The molecule has 0 aliphatic heterocycles. The molecule has 1 aliphatic carbocycles.